The standard InChI is InChI=1S/C23H23N5O4/c1-14-8-15(2)10-18(9-14)24-16(3)22-6-7-23(26(22)5)17(4)25-19-11-20(27(29)30)13-21(12-19)28(31)32/h6-13H,1-5H3. The summed E-state index contributed by atoms with van der Waals surface area (Å²) in [7, 11) is 1.88. The third-order valence-corrected chi connectivity index (χ3v) is 4.97. The van der Waals surface area contributed by atoms with Gasteiger partial charge in [-0.3, -0.25) is 30.2 Å². The highest BCUT2D eigenvalue weighted by atomic mass is 16.6. The smallest absolute Gasteiger partial charge is 0.278 e. The van der Waals surface area contributed by atoms with Gasteiger partial charge < -0.3 is 4.57 Å². The molecule has 9 heteroatoms. The van der Waals surface area contributed by atoms with Crippen molar-refractivity contribution in [2.45, 2.75) is 27.7 Å². The lowest BCUT2D eigenvalue weighted by Crippen LogP contribution is -2.09. The maximum Gasteiger partial charge on any atom is 0.278 e. The number of nitro groups is 2. The lowest BCUT2D eigenvalue weighted by Gasteiger charge is -2.08. The molecular formula is C23H23N5O4. The van der Waals surface area contributed by atoms with Gasteiger partial charge in [0, 0.05) is 19.2 Å². The van der Waals surface area contributed by atoms with E-state index in [0.29, 0.717) is 5.71 Å². The third kappa shape index (κ3) is 4.94. The Kier molecular flexibility index (Phi) is 6.29. The zero-order chi connectivity index (χ0) is 23.6. The monoisotopic (exact) mass is 433 g/mol. The summed E-state index contributed by atoms with van der Waals surface area (Å²) in [5.74, 6) is 0. The van der Waals surface area contributed by atoms with E-state index < -0.39 is 9.85 Å². The van der Waals surface area contributed by atoms with Gasteiger partial charge in [-0.05, 0) is 63.1 Å². The molecule has 0 saturated heterocycles. The summed E-state index contributed by atoms with van der Waals surface area (Å²) in [4.78, 5) is 30.0. The third-order valence-electron chi connectivity index (χ3n) is 4.97. The van der Waals surface area contributed by atoms with E-state index in [1.807, 2.05) is 56.7 Å². The number of benzene rings is 2. The molecule has 1 aromatic heterocycles. The van der Waals surface area contributed by atoms with Crippen LogP contribution in [0.2, 0.25) is 0 Å². The molecule has 0 spiro atoms. The van der Waals surface area contributed by atoms with Crippen LogP contribution in [0, 0.1) is 34.1 Å². The molecule has 164 valence electrons. The first kappa shape index (κ1) is 22.5. The van der Waals surface area contributed by atoms with Crippen molar-refractivity contribution < 1.29 is 9.85 Å². The Morgan fingerprint density at radius 1 is 0.750 bits per heavy atom. The number of non-ortho nitro benzene ring substituents is 2. The molecule has 1 heterocycles. The molecule has 0 N–H and O–H groups in total. The number of rotatable bonds is 6. The molecule has 0 radical (unpaired) electrons. The molecule has 0 amide bonds. The summed E-state index contributed by atoms with van der Waals surface area (Å²) >= 11 is 0. The van der Waals surface area contributed by atoms with Crippen LogP contribution in [-0.4, -0.2) is 25.8 Å². The number of aliphatic imine (C=N–C) groups is 2. The van der Waals surface area contributed by atoms with Crippen molar-refractivity contribution in [3.8, 4) is 0 Å². The van der Waals surface area contributed by atoms with Crippen molar-refractivity contribution in [3.05, 3.63) is 91.3 Å². The van der Waals surface area contributed by atoms with Gasteiger partial charge >= 0.3 is 0 Å². The summed E-state index contributed by atoms with van der Waals surface area (Å²) in [6.45, 7) is 7.73. The number of aromatic nitrogens is 1. The summed E-state index contributed by atoms with van der Waals surface area (Å²) in [6.07, 6.45) is 0. The van der Waals surface area contributed by atoms with Crippen molar-refractivity contribution in [1.29, 1.82) is 0 Å². The number of hydrogen-bond donors (Lipinski definition) is 0. The van der Waals surface area contributed by atoms with Crippen molar-refractivity contribution in [2.75, 3.05) is 0 Å². The molecule has 0 bridgehead atoms. The van der Waals surface area contributed by atoms with E-state index >= 15 is 0 Å². The van der Waals surface area contributed by atoms with Gasteiger partial charge in [0.15, 0.2) is 0 Å². The Balaban J connectivity index is 1.98. The molecule has 2 aromatic carbocycles. The van der Waals surface area contributed by atoms with Crippen LogP contribution in [0.15, 0.2) is 58.5 Å². The Hall–Kier alpha value is -4.14. The van der Waals surface area contributed by atoms with Gasteiger partial charge in [-0.1, -0.05) is 6.07 Å². The van der Waals surface area contributed by atoms with Gasteiger partial charge in [0.25, 0.3) is 11.4 Å². The van der Waals surface area contributed by atoms with Crippen LogP contribution in [0.25, 0.3) is 0 Å². The van der Waals surface area contributed by atoms with Crippen LogP contribution in [0.5, 0.6) is 0 Å². The average Bonchev–Trinajstić information content (AvgIpc) is 3.08. The highest BCUT2D eigenvalue weighted by Crippen LogP contribution is 2.28. The average molecular weight is 433 g/mol. The zero-order valence-corrected chi connectivity index (χ0v) is 18.5. The maximum atomic E-state index is 11.1. The number of nitrogens with zero attached hydrogens (tertiary/aromatic N) is 5. The van der Waals surface area contributed by atoms with E-state index in [-0.39, 0.29) is 17.1 Å². The van der Waals surface area contributed by atoms with Gasteiger partial charge in [0.05, 0.1) is 50.1 Å². The summed E-state index contributed by atoms with van der Waals surface area (Å²) in [5, 5.41) is 22.3. The summed E-state index contributed by atoms with van der Waals surface area (Å²) in [5.41, 5.74) is 5.57. The van der Waals surface area contributed by atoms with Gasteiger partial charge in [0.1, 0.15) is 0 Å². The number of hydrogen-bond acceptors (Lipinski definition) is 6. The Labute approximate surface area is 185 Å². The quantitative estimate of drug-likeness (QED) is 0.280. The molecule has 0 unspecified atom stereocenters. The minimum absolute atomic E-state index is 0.145. The molecule has 0 aliphatic rings. The molecule has 9 nitrogen and oxygen atoms in total. The molecule has 0 saturated carbocycles. The first-order chi connectivity index (χ1) is 15.0. The molecular weight excluding hydrogens is 410 g/mol. The van der Waals surface area contributed by atoms with Gasteiger partial charge in [-0.15, -0.1) is 0 Å². The lowest BCUT2D eigenvalue weighted by molar-refractivity contribution is -0.394. The van der Waals surface area contributed by atoms with Crippen LogP contribution >= 0.6 is 0 Å². The minimum atomic E-state index is -0.672. The van der Waals surface area contributed by atoms with E-state index in [1.54, 1.807) is 6.92 Å². The number of nitro benzene ring substituents is 2. The van der Waals surface area contributed by atoms with Crippen molar-refractivity contribution >= 4 is 34.2 Å². The molecule has 0 aliphatic heterocycles. The fourth-order valence-corrected chi connectivity index (χ4v) is 3.61. The zero-order valence-electron chi connectivity index (χ0n) is 18.5. The predicted octanol–water partition coefficient (Wildman–Crippen LogP) is 5.74. The van der Waals surface area contributed by atoms with Crippen molar-refractivity contribution in [3.63, 3.8) is 0 Å². The predicted molar refractivity (Wildman–Crippen MR) is 125 cm³/mol. The molecule has 32 heavy (non-hydrogen) atoms. The van der Waals surface area contributed by atoms with E-state index in [2.05, 4.69) is 11.1 Å². The topological polar surface area (TPSA) is 116 Å². The fourth-order valence-electron chi connectivity index (χ4n) is 3.61. The minimum Gasteiger partial charge on any atom is -0.342 e. The molecule has 0 aliphatic carbocycles. The van der Waals surface area contributed by atoms with Gasteiger partial charge in [-0.25, -0.2) is 0 Å². The van der Waals surface area contributed by atoms with Crippen LogP contribution < -0.4 is 0 Å². The Morgan fingerprint density at radius 2 is 1.16 bits per heavy atom. The van der Waals surface area contributed by atoms with Crippen LogP contribution in [0.3, 0.4) is 0 Å². The first-order valence-corrected chi connectivity index (χ1v) is 9.84. The maximum absolute atomic E-state index is 11.1. The molecule has 3 aromatic rings. The van der Waals surface area contributed by atoms with Crippen molar-refractivity contribution in [1.82, 2.24) is 4.57 Å². The Morgan fingerprint density at radius 3 is 1.56 bits per heavy atom. The van der Waals surface area contributed by atoms with Gasteiger partial charge in [0.2, 0.25) is 0 Å². The largest absolute Gasteiger partial charge is 0.342 e. The SMILES string of the molecule is CC(=Nc1cc(C)cc(C)c1)c1ccc(C(C)=Nc2cc([N+](=O)[O-])cc([N+](=O)[O-])c2)n1C. The number of aryl methyl sites for hydroxylation is 2. The normalized spacial score (nSPS) is 12.2. The van der Waals surface area contributed by atoms with Crippen LogP contribution in [-0.2, 0) is 7.05 Å². The molecule has 0 atom stereocenters. The highest BCUT2D eigenvalue weighted by Gasteiger charge is 2.17. The second-order valence-electron chi connectivity index (χ2n) is 7.62. The van der Waals surface area contributed by atoms with Crippen LogP contribution in [0.1, 0.15) is 36.4 Å². The summed E-state index contributed by atoms with van der Waals surface area (Å²) in [6, 6.07) is 13.3. The second kappa shape index (κ2) is 8.93. The molecule has 0 fully saturated rings. The second-order valence-corrected chi connectivity index (χ2v) is 7.62. The first-order valence-electron chi connectivity index (χ1n) is 9.84. The lowest BCUT2D eigenvalue weighted by atomic mass is 10.1. The van der Waals surface area contributed by atoms with Gasteiger partial charge in [-0.2, -0.15) is 0 Å². The van der Waals surface area contributed by atoms with E-state index in [4.69, 9.17) is 4.99 Å². The molecule has 3 rings (SSSR count). The van der Waals surface area contributed by atoms with Crippen LogP contribution in [0.4, 0.5) is 22.7 Å². The highest BCUT2D eigenvalue weighted by molar-refractivity contribution is 6.03. The summed E-state index contributed by atoms with van der Waals surface area (Å²) < 4.78 is 1.92. The fraction of sp³-hybridized carbons (Fsp3) is 0.217. The Bertz CT molecular complexity index is 1240. The van der Waals surface area contributed by atoms with E-state index in [0.717, 1.165) is 40.0 Å². The van der Waals surface area contributed by atoms with E-state index in [9.17, 15) is 20.2 Å². The van der Waals surface area contributed by atoms with Crippen molar-refractivity contribution in [2.24, 2.45) is 17.0 Å². The van der Waals surface area contributed by atoms with E-state index in [1.165, 1.54) is 12.1 Å².